The van der Waals surface area contributed by atoms with Gasteiger partial charge in [0.15, 0.2) is 108 Å². The topological polar surface area (TPSA) is 605 Å². The van der Waals surface area contributed by atoms with Crippen molar-refractivity contribution in [2.24, 2.45) is 0 Å². The van der Waals surface area contributed by atoms with E-state index in [1.165, 1.54) is 12.1 Å². The number of nitrogen functional groups attached to an aromatic ring is 5. The molecule has 15 heterocycles. The van der Waals surface area contributed by atoms with Crippen molar-refractivity contribution in [3.05, 3.63) is 298 Å². The van der Waals surface area contributed by atoms with Gasteiger partial charge in [-0.05, 0) is 251 Å². The lowest BCUT2D eigenvalue weighted by Gasteiger charge is -2.14. The van der Waals surface area contributed by atoms with Crippen LogP contribution < -0.4 is 52.4 Å². The molecule has 10 N–H and O–H groups in total. The molecule has 0 fully saturated rings. The molecular weight excluding hydrogens is 1950 g/mol. The van der Waals surface area contributed by atoms with E-state index in [0.717, 1.165) is 77.1 Å². The number of ether oxygens (including phenoxy) is 5. The minimum atomic E-state index is -3.57. The lowest BCUT2D eigenvalue weighted by molar-refractivity contribution is 0.310. The lowest BCUT2D eigenvalue weighted by atomic mass is 10.2. The maximum atomic E-state index is 12.4. The second-order valence-electron chi connectivity index (χ2n) is 30.3. The highest BCUT2D eigenvalue weighted by molar-refractivity contribution is 7.99. The molecule has 720 valence electrons. The molecule has 0 saturated carbocycles. The predicted octanol–water partition coefficient (Wildman–Crippen LogP) is 14.8. The Labute approximate surface area is 828 Å². The zero-order chi connectivity index (χ0) is 99.2. The van der Waals surface area contributed by atoms with Gasteiger partial charge in [0.2, 0.25) is 15.8 Å². The van der Waals surface area contributed by atoms with E-state index >= 15 is 0 Å². The van der Waals surface area contributed by atoms with Gasteiger partial charge in [0, 0.05) is 75.9 Å². The van der Waals surface area contributed by atoms with E-state index in [1.807, 2.05) is 181 Å². The molecule has 23 aromatic rings. The van der Waals surface area contributed by atoms with Crippen LogP contribution in [0.3, 0.4) is 0 Å². The molecule has 8 aromatic carbocycles. The highest BCUT2D eigenvalue weighted by atomic mass is 32.2. The van der Waals surface area contributed by atoms with E-state index in [2.05, 4.69) is 114 Å². The molecule has 2 unspecified atom stereocenters. The van der Waals surface area contributed by atoms with Crippen LogP contribution in [0.4, 0.5) is 29.1 Å². The van der Waals surface area contributed by atoms with Crippen molar-refractivity contribution in [1.29, 1.82) is 0 Å². The maximum Gasteiger partial charge on any atom is 0.250 e. The molecule has 0 saturated heterocycles. The Bertz CT molecular complexity index is 8470. The van der Waals surface area contributed by atoms with E-state index in [-0.39, 0.29) is 39.9 Å². The van der Waals surface area contributed by atoms with Crippen molar-refractivity contribution in [3.8, 4) is 115 Å². The number of thioether (sulfide) groups is 2. The van der Waals surface area contributed by atoms with Crippen LogP contribution >= 0.6 is 23.5 Å². The van der Waals surface area contributed by atoms with E-state index in [4.69, 9.17) is 75.5 Å². The number of sulfone groups is 1. The normalized spacial score (nSPS) is 11.7. The molecule has 15 aromatic heterocycles. The van der Waals surface area contributed by atoms with Gasteiger partial charge < -0.3 is 61.5 Å². The number of anilines is 5. The fourth-order valence-electron chi connectivity index (χ4n) is 14.7. The minimum Gasteiger partial charge on any atom is -0.612 e. The van der Waals surface area contributed by atoms with Gasteiger partial charge in [-0.25, -0.2) is 61.5 Å². The summed E-state index contributed by atoms with van der Waals surface area (Å²) < 4.78 is 110. The number of pyridine rings is 5. The highest BCUT2D eigenvalue weighted by Gasteiger charge is 2.29. The van der Waals surface area contributed by atoms with Crippen LogP contribution in [0.5, 0.6) is 28.7 Å². The zero-order valence-electron chi connectivity index (χ0n) is 75.4. The van der Waals surface area contributed by atoms with E-state index < -0.39 is 38.1 Å². The third-order valence-electron chi connectivity index (χ3n) is 21.3. The SMILES string of the molecule is COc1cc([S+](C)[O-])ccc1-n1c(-c2nonc2N)nc2cnccc21.CSCOc1ccc(-n2c(-c3nonc3N)nc3ncccc32)cc1.Nc1nonc1-c1nc2cnccc2n1-c1ccc(OCS(=O)(=O)c2ccccc2)cc1.Nc1nonc1-c1nc2cnccc2n1-c1ccc(OCSc2ccccc2)cc1.Nc1nonc1-c1nc2cnccc2n1-c1ccc(OC[S+]([O-])c2ccccc2)cc1. The molecule has 44 nitrogen and oxygen atoms in total. The number of aromatic nitrogens is 25. The Balaban J connectivity index is 0.000000114. The van der Waals surface area contributed by atoms with Gasteiger partial charge >= 0.3 is 0 Å². The molecule has 0 spiro atoms. The fraction of sp³-hybridized carbons (Fsp3) is 0.0737. The lowest BCUT2D eigenvalue weighted by Crippen LogP contribution is -2.12. The first-order valence-electron chi connectivity index (χ1n) is 42.8. The van der Waals surface area contributed by atoms with Crippen molar-refractivity contribution in [2.45, 2.75) is 19.6 Å². The minimum absolute atomic E-state index is 0.0649. The standard InChI is InChI=1S/C21H16N6O4S.C21H16N6O3S.C21H16N6O2S.C16H14N6O3S.C16H14N6O2S/c22-20-19(25-31-26-20)21-24-17-12-23-11-10-18(17)27(21)14-6-8-15(9-7-14)30-13-32(28,29)16-4-2-1-3-5-16;22-20-19(25-30-26-20)21-24-17-12-23-11-10-18(17)27(21)14-6-8-15(9-7-14)29-13-31(28)16-4-2-1-3-5-16;22-20-19(25-29-26-20)21-24-17-12-23-11-10-18(17)27(21)14-6-8-15(9-7-14)28-13-30-16-4-2-1-3-5-16;1-24-13-7-9(26(2)23)3-4-12(13)22-11-5-6-18-8-10(11)19-16(22)14-15(17)21-25-20-14;1-25-9-23-11-6-4-10(5-7-11)22-12-3-2-8-18-15(12)19-16(22)13-14(17)21-24-20-13/h1-12H,13H2,(H2,22,26);1-12H,13H2,(H2,22,26);1-12H,13H2,(H2,22,26);3-8H,1-2H3,(H2,17,21);2-8H,9H2,1H3,(H2,17,21). The zero-order valence-corrected chi connectivity index (χ0v) is 79.5. The largest absolute Gasteiger partial charge is 0.612 e. The van der Waals surface area contributed by atoms with Crippen LogP contribution in [0.1, 0.15) is 0 Å². The number of nitrogens with zero attached hydrogens (tertiary/aromatic N) is 25. The van der Waals surface area contributed by atoms with Crippen molar-refractivity contribution < 1.29 is 64.4 Å². The van der Waals surface area contributed by atoms with Crippen LogP contribution in [0.25, 0.3) is 141 Å². The molecule has 0 amide bonds. The number of benzene rings is 8. The summed E-state index contributed by atoms with van der Waals surface area (Å²) >= 11 is 0.873. The second-order valence-corrected chi connectivity index (χ2v) is 36.8. The highest BCUT2D eigenvalue weighted by Crippen LogP contribution is 2.40. The quantitative estimate of drug-likeness (QED) is 0.0181. The van der Waals surface area contributed by atoms with E-state index in [1.54, 1.807) is 159 Å². The van der Waals surface area contributed by atoms with E-state index in [9.17, 15) is 17.5 Å². The van der Waals surface area contributed by atoms with Gasteiger partial charge in [0.25, 0.3) is 0 Å². The van der Waals surface area contributed by atoms with Crippen molar-refractivity contribution >= 4 is 140 Å². The summed E-state index contributed by atoms with van der Waals surface area (Å²) in [7, 11) is -2.02. The average molecular weight is 2020 g/mol. The molecule has 0 aliphatic heterocycles. The first-order valence-corrected chi connectivity index (χ1v) is 49.7. The summed E-state index contributed by atoms with van der Waals surface area (Å²) in [6.07, 6.45) is 18.6. The molecule has 49 heteroatoms. The van der Waals surface area contributed by atoms with E-state index in [0.29, 0.717) is 119 Å². The smallest absolute Gasteiger partial charge is 0.250 e. The predicted molar refractivity (Wildman–Crippen MR) is 536 cm³/mol. The Morgan fingerprint density at radius 3 is 1.14 bits per heavy atom. The Kier molecular flexibility index (Phi) is 28.3. The Hall–Kier alpha value is -18.2. The summed E-state index contributed by atoms with van der Waals surface area (Å²) in [5.41, 5.74) is 42.5. The number of rotatable bonds is 27. The van der Waals surface area contributed by atoms with Gasteiger partial charge in [-0.2, -0.15) is 0 Å². The second kappa shape index (κ2) is 43.1. The van der Waals surface area contributed by atoms with Gasteiger partial charge in [0.1, 0.15) is 68.9 Å². The first kappa shape index (κ1) is 94.8. The van der Waals surface area contributed by atoms with Crippen LogP contribution in [0.15, 0.2) is 341 Å². The summed E-state index contributed by atoms with van der Waals surface area (Å²) in [6, 6.07) is 73.7. The van der Waals surface area contributed by atoms with Crippen molar-refractivity contribution in [1.82, 2.24) is 124 Å². The average Bonchev–Trinajstić information content (AvgIpc) is 1.70. The van der Waals surface area contributed by atoms with Crippen molar-refractivity contribution in [2.75, 3.05) is 72.0 Å². The molecular formula is C95H76N30O14S5. The third-order valence-corrected chi connectivity index (χ3v) is 26.0. The molecule has 0 aliphatic rings. The molecule has 0 aliphatic carbocycles. The Morgan fingerprint density at radius 1 is 0.375 bits per heavy atom. The number of hydrogen-bond acceptors (Lipinski definition) is 41. The number of fused-ring (bicyclic) bond motifs is 5. The molecule has 0 bridgehead atoms. The number of hydrogen-bond donors (Lipinski definition) is 5. The first-order chi connectivity index (χ1) is 70.4. The summed E-state index contributed by atoms with van der Waals surface area (Å²) in [4.78, 5) is 46.4. The van der Waals surface area contributed by atoms with Gasteiger partial charge in [0.05, 0.1) is 70.1 Å². The van der Waals surface area contributed by atoms with Crippen LogP contribution in [0, 0.1) is 0 Å². The number of nitrogens with two attached hydrogens (primary N) is 5. The number of imidazole rings is 5. The molecule has 0 radical (unpaired) electrons. The maximum absolute atomic E-state index is 12.4. The van der Waals surface area contributed by atoms with Gasteiger partial charge in [-0.15, -0.1) is 11.8 Å². The molecule has 144 heavy (non-hydrogen) atoms. The summed E-state index contributed by atoms with van der Waals surface area (Å²) in [5.74, 6) is 6.98. The summed E-state index contributed by atoms with van der Waals surface area (Å²) in [5, 5.41) is 37.6. The van der Waals surface area contributed by atoms with Crippen molar-refractivity contribution in [3.63, 3.8) is 0 Å². The van der Waals surface area contributed by atoms with Crippen LogP contribution in [-0.4, -0.2) is 185 Å². The summed E-state index contributed by atoms with van der Waals surface area (Å²) in [6.45, 7) is 0. The Morgan fingerprint density at radius 2 is 0.743 bits per heavy atom. The number of methoxy groups -OCH3 is 1. The molecule has 23 rings (SSSR count). The van der Waals surface area contributed by atoms with Gasteiger partial charge in [-0.3, -0.25) is 42.8 Å². The third kappa shape index (κ3) is 20.6. The molecule has 2 atom stereocenters. The monoisotopic (exact) mass is 2020 g/mol. The van der Waals surface area contributed by atoms with Crippen LogP contribution in [0.2, 0.25) is 0 Å². The van der Waals surface area contributed by atoms with Gasteiger partial charge in [-0.1, -0.05) is 66.4 Å². The van der Waals surface area contributed by atoms with Crippen LogP contribution in [-0.2, 0) is 32.2 Å². The fourth-order valence-corrected chi connectivity index (χ4v) is 18.0.